The van der Waals surface area contributed by atoms with Gasteiger partial charge in [-0.2, -0.15) is 5.26 Å². The summed E-state index contributed by atoms with van der Waals surface area (Å²) in [6.45, 7) is 0.406. The van der Waals surface area contributed by atoms with Gasteiger partial charge >= 0.3 is 0 Å². The van der Waals surface area contributed by atoms with Crippen LogP contribution in [0.5, 0.6) is 17.4 Å². The van der Waals surface area contributed by atoms with E-state index in [2.05, 4.69) is 16.3 Å². The van der Waals surface area contributed by atoms with Crippen LogP contribution in [0.1, 0.15) is 22.6 Å². The van der Waals surface area contributed by atoms with E-state index in [1.807, 2.05) is 78.9 Å². The van der Waals surface area contributed by atoms with Gasteiger partial charge in [0.1, 0.15) is 12.5 Å². The summed E-state index contributed by atoms with van der Waals surface area (Å²) >= 11 is 0. The summed E-state index contributed by atoms with van der Waals surface area (Å²) in [5.74, 6) is 0.0507. The minimum atomic E-state index is -0.812. The van der Waals surface area contributed by atoms with Crippen molar-refractivity contribution in [3.63, 3.8) is 0 Å². The third-order valence-electron chi connectivity index (χ3n) is 5.89. The van der Waals surface area contributed by atoms with Crippen LogP contribution < -0.4 is 14.2 Å². The lowest BCUT2D eigenvalue weighted by molar-refractivity contribution is 0.284. The molecular formula is C27H22N4O3. The highest BCUT2D eigenvalue weighted by Gasteiger charge is 2.41. The monoisotopic (exact) mass is 450 g/mol. The van der Waals surface area contributed by atoms with Gasteiger partial charge in [0.2, 0.25) is 11.8 Å². The number of nitrogens with zero attached hydrogens (tertiary/aromatic N) is 2. The molecule has 0 spiro atoms. The van der Waals surface area contributed by atoms with Crippen LogP contribution in [-0.2, 0) is 6.61 Å². The molecule has 0 bridgehead atoms. The lowest BCUT2D eigenvalue weighted by Crippen LogP contribution is -2.30. The van der Waals surface area contributed by atoms with E-state index in [0.29, 0.717) is 24.0 Å². The molecular weight excluding hydrogens is 428 g/mol. The highest BCUT2D eigenvalue weighted by molar-refractivity contribution is 5.86. The third-order valence-corrected chi connectivity index (χ3v) is 5.89. The Morgan fingerprint density at radius 3 is 2.47 bits per heavy atom. The molecule has 0 amide bonds. The van der Waals surface area contributed by atoms with E-state index in [-0.39, 0.29) is 5.90 Å². The molecule has 1 aromatic heterocycles. The Labute approximate surface area is 197 Å². The number of nitrogens with one attached hydrogen (secondary N) is 2. The summed E-state index contributed by atoms with van der Waals surface area (Å²) < 4.78 is 17.3. The highest BCUT2D eigenvalue weighted by Crippen LogP contribution is 2.47. The van der Waals surface area contributed by atoms with Gasteiger partial charge in [-0.05, 0) is 28.8 Å². The van der Waals surface area contributed by atoms with E-state index in [1.54, 1.807) is 7.11 Å². The second-order valence-electron chi connectivity index (χ2n) is 7.92. The molecule has 34 heavy (non-hydrogen) atoms. The van der Waals surface area contributed by atoms with Crippen LogP contribution in [0, 0.1) is 22.7 Å². The van der Waals surface area contributed by atoms with E-state index in [0.717, 1.165) is 27.9 Å². The number of hydrogen-bond acceptors (Lipinski definition) is 6. The first-order valence-corrected chi connectivity index (χ1v) is 10.8. The average Bonchev–Trinajstić information content (AvgIpc) is 3.31. The number of methoxy groups -OCH3 is 1. The molecule has 3 aromatic carbocycles. The van der Waals surface area contributed by atoms with Crippen LogP contribution in [0.3, 0.4) is 0 Å². The molecule has 0 fully saturated rings. The topological polar surface area (TPSA) is 104 Å². The van der Waals surface area contributed by atoms with Gasteiger partial charge in [-0.3, -0.25) is 10.5 Å². The quantitative estimate of drug-likeness (QED) is 0.414. The van der Waals surface area contributed by atoms with Crippen molar-refractivity contribution in [3.05, 3.63) is 95.6 Å². The number of hydrogen-bond donors (Lipinski definition) is 2. The number of ether oxygens (including phenoxy) is 3. The molecule has 2 atom stereocenters. The van der Waals surface area contributed by atoms with Crippen LogP contribution in [0.2, 0.25) is 0 Å². The molecule has 4 aromatic rings. The fraction of sp³-hybridized carbons (Fsp3) is 0.148. The van der Waals surface area contributed by atoms with E-state index in [9.17, 15) is 5.26 Å². The predicted octanol–water partition coefficient (Wildman–Crippen LogP) is 5.31. The van der Waals surface area contributed by atoms with Crippen molar-refractivity contribution in [2.24, 2.45) is 5.92 Å². The maximum absolute atomic E-state index is 9.95. The van der Waals surface area contributed by atoms with Gasteiger partial charge in [-0.1, -0.05) is 66.7 Å². The molecule has 1 aliphatic rings. The summed E-state index contributed by atoms with van der Waals surface area (Å²) in [7, 11) is 1.58. The Morgan fingerprint density at radius 1 is 1.03 bits per heavy atom. The van der Waals surface area contributed by atoms with Crippen LogP contribution in [0.25, 0.3) is 11.3 Å². The summed E-state index contributed by atoms with van der Waals surface area (Å²) in [4.78, 5) is 0. The standard InChI is InChI=1S/C27H22N4O3/c1-32-22-14-19(12-13-21(22)33-16-17-8-4-2-5-9-17)23-20(15-28)26(29)34-27-24(23)25(30-31-27)18-10-6-3-7-11-18/h2-14,20,23,29H,16H2,1H3,(H,30,31). The molecule has 0 aliphatic carbocycles. The Hall–Kier alpha value is -4.57. The minimum Gasteiger partial charge on any atom is -0.493 e. The Bertz CT molecular complexity index is 1360. The second kappa shape index (κ2) is 9.12. The first kappa shape index (κ1) is 21.3. The van der Waals surface area contributed by atoms with Crippen LogP contribution in [0.15, 0.2) is 78.9 Å². The van der Waals surface area contributed by atoms with Gasteiger partial charge < -0.3 is 14.2 Å². The van der Waals surface area contributed by atoms with Gasteiger partial charge in [-0.15, -0.1) is 5.10 Å². The number of H-pyrrole nitrogens is 1. The molecule has 1 aliphatic heterocycles. The first-order chi connectivity index (χ1) is 16.7. The van der Waals surface area contributed by atoms with Crippen molar-refractivity contribution in [2.45, 2.75) is 12.5 Å². The molecule has 168 valence electrons. The molecule has 7 heteroatoms. The lowest BCUT2D eigenvalue weighted by Gasteiger charge is -2.28. The van der Waals surface area contributed by atoms with Gasteiger partial charge in [0.05, 0.1) is 24.4 Å². The fourth-order valence-corrected chi connectivity index (χ4v) is 4.24. The van der Waals surface area contributed by atoms with Crippen molar-refractivity contribution in [2.75, 3.05) is 7.11 Å². The largest absolute Gasteiger partial charge is 0.493 e. The van der Waals surface area contributed by atoms with Crippen molar-refractivity contribution in [1.29, 1.82) is 10.7 Å². The van der Waals surface area contributed by atoms with Gasteiger partial charge in [0.25, 0.3) is 0 Å². The van der Waals surface area contributed by atoms with Gasteiger partial charge in [0.15, 0.2) is 11.5 Å². The number of rotatable bonds is 6. The second-order valence-corrected chi connectivity index (χ2v) is 7.92. The van der Waals surface area contributed by atoms with Crippen LogP contribution >= 0.6 is 0 Å². The molecule has 0 radical (unpaired) electrons. The number of fused-ring (bicyclic) bond motifs is 1. The minimum absolute atomic E-state index is 0.130. The SMILES string of the molecule is COc1cc(C2c3c(n[nH]c3-c3ccccc3)OC(=N)C2C#N)ccc1OCc1ccccc1. The normalized spacial score (nSPS) is 16.8. The first-order valence-electron chi connectivity index (χ1n) is 10.8. The van der Waals surface area contributed by atoms with Gasteiger partial charge in [0, 0.05) is 5.92 Å². The summed E-state index contributed by atoms with van der Waals surface area (Å²) in [6.07, 6.45) is 0. The van der Waals surface area contributed by atoms with E-state index < -0.39 is 11.8 Å². The molecule has 2 heterocycles. The molecule has 0 saturated carbocycles. The Kier molecular flexibility index (Phi) is 5.71. The highest BCUT2D eigenvalue weighted by atomic mass is 16.5. The molecule has 2 unspecified atom stereocenters. The van der Waals surface area contributed by atoms with Crippen LogP contribution in [0.4, 0.5) is 0 Å². The molecule has 7 nitrogen and oxygen atoms in total. The van der Waals surface area contributed by atoms with Crippen molar-refractivity contribution < 1.29 is 14.2 Å². The summed E-state index contributed by atoms with van der Waals surface area (Å²) in [6, 6.07) is 27.5. The smallest absolute Gasteiger partial charge is 0.244 e. The van der Waals surface area contributed by atoms with Crippen LogP contribution in [-0.4, -0.2) is 23.2 Å². The van der Waals surface area contributed by atoms with E-state index in [4.69, 9.17) is 19.6 Å². The zero-order chi connectivity index (χ0) is 23.5. The number of aromatic amines is 1. The maximum Gasteiger partial charge on any atom is 0.244 e. The summed E-state index contributed by atoms with van der Waals surface area (Å²) in [5.41, 5.74) is 4.28. The average molecular weight is 450 g/mol. The molecule has 2 N–H and O–H groups in total. The zero-order valence-corrected chi connectivity index (χ0v) is 18.5. The fourth-order valence-electron chi connectivity index (χ4n) is 4.24. The van der Waals surface area contributed by atoms with E-state index >= 15 is 0 Å². The molecule has 0 saturated heterocycles. The van der Waals surface area contributed by atoms with Crippen molar-refractivity contribution >= 4 is 5.90 Å². The van der Waals surface area contributed by atoms with Gasteiger partial charge in [-0.25, -0.2) is 0 Å². The number of nitriles is 1. The van der Waals surface area contributed by atoms with Crippen molar-refractivity contribution in [3.8, 4) is 34.7 Å². The van der Waals surface area contributed by atoms with Crippen molar-refractivity contribution in [1.82, 2.24) is 10.2 Å². The zero-order valence-electron chi connectivity index (χ0n) is 18.5. The van der Waals surface area contributed by atoms with E-state index in [1.165, 1.54) is 0 Å². The summed E-state index contributed by atoms with van der Waals surface area (Å²) in [5, 5.41) is 25.6. The molecule has 5 rings (SSSR count). The maximum atomic E-state index is 9.95. The Balaban J connectivity index is 1.55. The predicted molar refractivity (Wildman–Crippen MR) is 127 cm³/mol. The third kappa shape index (κ3) is 3.86. The number of aromatic nitrogens is 2. The Morgan fingerprint density at radius 2 is 1.76 bits per heavy atom. The number of benzene rings is 3. The lowest BCUT2D eigenvalue weighted by atomic mass is 9.78.